The third kappa shape index (κ3) is 4.81. The van der Waals surface area contributed by atoms with E-state index in [1.165, 1.54) is 10.5 Å². The molecule has 6 nitrogen and oxygen atoms in total. The number of fused-ring (bicyclic) bond motifs is 1. The Bertz CT molecular complexity index is 965. The van der Waals surface area contributed by atoms with Gasteiger partial charge in [0.2, 0.25) is 11.8 Å². The van der Waals surface area contributed by atoms with Crippen molar-refractivity contribution < 1.29 is 9.59 Å². The number of nitrogens with zero attached hydrogens (tertiary/aromatic N) is 3. The smallest absolute Gasteiger partial charge is 0.246 e. The summed E-state index contributed by atoms with van der Waals surface area (Å²) in [6.45, 7) is 2.44. The Kier molecular flexibility index (Phi) is 5.87. The Morgan fingerprint density at radius 3 is 3.03 bits per heavy atom. The number of carbonyl (C=O) groups excluding carboxylic acids is 2. The molecule has 0 saturated heterocycles. The van der Waals surface area contributed by atoms with Crippen LogP contribution in [0.25, 0.3) is 11.6 Å². The monoisotopic (exact) mass is 408 g/mol. The molecule has 0 fully saturated rings. The first-order valence-electron chi connectivity index (χ1n) is 9.76. The molecule has 1 N–H and O–H groups in total. The molecule has 150 valence electrons. The number of nitrogens with one attached hydrogen (secondary N) is 1. The molecule has 0 bridgehead atoms. The quantitative estimate of drug-likeness (QED) is 0.792. The van der Waals surface area contributed by atoms with Crippen molar-refractivity contribution in [3.8, 4) is 0 Å². The Labute approximate surface area is 174 Å². The molecule has 2 amide bonds. The van der Waals surface area contributed by atoms with E-state index >= 15 is 0 Å². The van der Waals surface area contributed by atoms with Crippen molar-refractivity contribution in [3.05, 3.63) is 57.9 Å². The molecule has 7 heteroatoms. The Morgan fingerprint density at radius 2 is 2.21 bits per heavy atom. The minimum absolute atomic E-state index is 0.0196. The van der Waals surface area contributed by atoms with Gasteiger partial charge in [0.1, 0.15) is 5.82 Å². The van der Waals surface area contributed by atoms with Crippen molar-refractivity contribution in [1.29, 1.82) is 0 Å². The minimum atomic E-state index is -0.0612. The number of carbonyl (C=O) groups is 2. The van der Waals surface area contributed by atoms with Crippen LogP contribution in [-0.2, 0) is 16.1 Å². The van der Waals surface area contributed by atoms with Gasteiger partial charge in [0.25, 0.3) is 0 Å². The van der Waals surface area contributed by atoms with Crippen molar-refractivity contribution in [2.24, 2.45) is 0 Å². The molecule has 0 saturated carbocycles. The van der Waals surface area contributed by atoms with Gasteiger partial charge in [0.05, 0.1) is 6.54 Å². The van der Waals surface area contributed by atoms with Crippen LogP contribution in [0.5, 0.6) is 0 Å². The highest BCUT2D eigenvalue weighted by Gasteiger charge is 2.18. The van der Waals surface area contributed by atoms with Crippen molar-refractivity contribution in [2.45, 2.75) is 19.4 Å². The van der Waals surface area contributed by atoms with Gasteiger partial charge in [-0.05, 0) is 54.6 Å². The summed E-state index contributed by atoms with van der Waals surface area (Å²) in [7, 11) is 1.90. The topological polar surface area (TPSA) is 65.5 Å². The van der Waals surface area contributed by atoms with E-state index in [0.717, 1.165) is 37.1 Å². The van der Waals surface area contributed by atoms with Crippen LogP contribution in [0.2, 0.25) is 0 Å². The SMILES string of the molecule is CN1CC(=O)Nc2ncc(/C=C/C(=O)N3CCC=C(c4cccs4)CC3)cc2C1. The van der Waals surface area contributed by atoms with Crippen LogP contribution in [0, 0.1) is 0 Å². The highest BCUT2D eigenvalue weighted by molar-refractivity contribution is 7.11. The van der Waals surface area contributed by atoms with Gasteiger partial charge in [0, 0.05) is 42.3 Å². The predicted octanol–water partition coefficient (Wildman–Crippen LogP) is 3.25. The number of pyridine rings is 1. The van der Waals surface area contributed by atoms with Crippen molar-refractivity contribution in [1.82, 2.24) is 14.8 Å². The maximum absolute atomic E-state index is 12.7. The summed E-state index contributed by atoms with van der Waals surface area (Å²) in [5.74, 6) is 0.558. The van der Waals surface area contributed by atoms with E-state index in [1.54, 1.807) is 29.7 Å². The number of aromatic nitrogens is 1. The second kappa shape index (κ2) is 8.71. The highest BCUT2D eigenvalue weighted by atomic mass is 32.1. The van der Waals surface area contributed by atoms with Crippen LogP contribution in [0.1, 0.15) is 28.8 Å². The van der Waals surface area contributed by atoms with Gasteiger partial charge < -0.3 is 10.2 Å². The van der Waals surface area contributed by atoms with Crippen molar-refractivity contribution >= 4 is 40.6 Å². The summed E-state index contributed by atoms with van der Waals surface area (Å²) < 4.78 is 0. The molecule has 2 aliphatic rings. The van der Waals surface area contributed by atoms with Crippen LogP contribution in [0.3, 0.4) is 0 Å². The number of thiophene rings is 1. The van der Waals surface area contributed by atoms with Crippen LogP contribution >= 0.6 is 11.3 Å². The summed E-state index contributed by atoms with van der Waals surface area (Å²) in [6.07, 6.45) is 9.13. The molecule has 0 radical (unpaired) electrons. The number of rotatable bonds is 3. The zero-order valence-corrected chi connectivity index (χ0v) is 17.2. The van der Waals surface area contributed by atoms with Crippen molar-refractivity contribution in [3.63, 3.8) is 0 Å². The molecular weight excluding hydrogens is 384 g/mol. The molecule has 29 heavy (non-hydrogen) atoms. The summed E-state index contributed by atoms with van der Waals surface area (Å²) >= 11 is 1.75. The van der Waals surface area contributed by atoms with E-state index in [1.807, 2.05) is 22.9 Å². The molecule has 2 aliphatic heterocycles. The predicted molar refractivity (Wildman–Crippen MR) is 116 cm³/mol. The second-order valence-electron chi connectivity index (χ2n) is 7.40. The number of hydrogen-bond acceptors (Lipinski definition) is 5. The second-order valence-corrected chi connectivity index (χ2v) is 8.35. The lowest BCUT2D eigenvalue weighted by Gasteiger charge is -2.18. The van der Waals surface area contributed by atoms with Gasteiger partial charge in [-0.2, -0.15) is 0 Å². The largest absolute Gasteiger partial charge is 0.339 e. The fraction of sp³-hybridized carbons (Fsp3) is 0.318. The van der Waals surface area contributed by atoms with Gasteiger partial charge in [-0.15, -0.1) is 11.3 Å². The van der Waals surface area contributed by atoms with Crippen molar-refractivity contribution in [2.75, 3.05) is 32.0 Å². The first kappa shape index (κ1) is 19.5. The summed E-state index contributed by atoms with van der Waals surface area (Å²) in [5, 5.41) is 4.91. The Hall–Kier alpha value is -2.77. The van der Waals surface area contributed by atoms with E-state index in [9.17, 15) is 9.59 Å². The van der Waals surface area contributed by atoms with Gasteiger partial charge >= 0.3 is 0 Å². The lowest BCUT2D eigenvalue weighted by atomic mass is 10.1. The average molecular weight is 409 g/mol. The van der Waals surface area contributed by atoms with E-state index in [-0.39, 0.29) is 11.8 Å². The summed E-state index contributed by atoms with van der Waals surface area (Å²) in [6, 6.07) is 6.18. The maximum atomic E-state index is 12.7. The Morgan fingerprint density at radius 1 is 1.31 bits per heavy atom. The number of likely N-dealkylation sites (N-methyl/N-ethyl adjacent to an activating group) is 1. The highest BCUT2D eigenvalue weighted by Crippen LogP contribution is 2.26. The van der Waals surface area contributed by atoms with E-state index in [0.29, 0.717) is 18.9 Å². The minimum Gasteiger partial charge on any atom is -0.339 e. The summed E-state index contributed by atoms with van der Waals surface area (Å²) in [4.78, 5) is 34.0. The zero-order chi connectivity index (χ0) is 20.2. The molecule has 0 spiro atoms. The normalized spacial score (nSPS) is 18.0. The average Bonchev–Trinajstić information content (AvgIpc) is 3.05. The number of hydrogen-bond donors (Lipinski definition) is 1. The van der Waals surface area contributed by atoms with E-state index in [2.05, 4.69) is 33.9 Å². The molecule has 2 aromatic rings. The fourth-order valence-corrected chi connectivity index (χ4v) is 4.46. The van der Waals surface area contributed by atoms with E-state index < -0.39 is 0 Å². The van der Waals surface area contributed by atoms with Crippen LogP contribution in [0.15, 0.2) is 41.9 Å². The fourth-order valence-electron chi connectivity index (χ4n) is 3.66. The van der Waals surface area contributed by atoms with Gasteiger partial charge in [-0.25, -0.2) is 4.98 Å². The van der Waals surface area contributed by atoms with Gasteiger partial charge in [0.15, 0.2) is 0 Å². The zero-order valence-electron chi connectivity index (χ0n) is 16.4. The first-order valence-corrected chi connectivity index (χ1v) is 10.6. The third-order valence-electron chi connectivity index (χ3n) is 5.11. The Balaban J connectivity index is 1.40. The first-order chi connectivity index (χ1) is 14.1. The number of anilines is 1. The molecular formula is C22H24N4O2S. The van der Waals surface area contributed by atoms with Crippen LogP contribution in [0.4, 0.5) is 5.82 Å². The molecule has 4 heterocycles. The van der Waals surface area contributed by atoms with Gasteiger partial charge in [-0.3, -0.25) is 14.5 Å². The maximum Gasteiger partial charge on any atom is 0.246 e. The third-order valence-corrected chi connectivity index (χ3v) is 6.05. The molecule has 4 rings (SSSR count). The lowest BCUT2D eigenvalue weighted by Crippen LogP contribution is -2.30. The number of amides is 2. The van der Waals surface area contributed by atoms with Crippen LogP contribution < -0.4 is 5.32 Å². The molecule has 0 aromatic carbocycles. The summed E-state index contributed by atoms with van der Waals surface area (Å²) in [5.41, 5.74) is 3.14. The molecule has 0 unspecified atom stereocenters. The lowest BCUT2D eigenvalue weighted by molar-refractivity contribution is -0.125. The van der Waals surface area contributed by atoms with Gasteiger partial charge in [-0.1, -0.05) is 12.1 Å². The molecule has 2 aromatic heterocycles. The molecule has 0 aliphatic carbocycles. The molecule has 0 atom stereocenters. The van der Waals surface area contributed by atoms with Crippen LogP contribution in [-0.4, -0.2) is 53.3 Å². The standard InChI is InChI=1S/C22H24N4O2S/c1-25-14-18-12-16(13-23-22(18)24-20(27)15-25)6-7-21(28)26-9-2-4-17(8-10-26)19-5-3-11-29-19/h3-7,11-13H,2,8-10,14-15H2,1H3,(H,23,24,27)/b7-6+. The van der Waals surface area contributed by atoms with E-state index in [4.69, 9.17) is 0 Å².